The van der Waals surface area contributed by atoms with E-state index in [0.717, 1.165) is 6.42 Å². The van der Waals surface area contributed by atoms with Crippen LogP contribution in [-0.4, -0.2) is 65.3 Å². The number of fused-ring (bicyclic) bond motifs is 1. The first kappa shape index (κ1) is 19.9. The van der Waals surface area contributed by atoms with Crippen molar-refractivity contribution in [3.63, 3.8) is 0 Å². The van der Waals surface area contributed by atoms with Gasteiger partial charge in [0.25, 0.3) is 0 Å². The molecule has 0 aliphatic carbocycles. The zero-order valence-corrected chi connectivity index (χ0v) is 16.4. The van der Waals surface area contributed by atoms with Gasteiger partial charge < -0.3 is 25.4 Å². The van der Waals surface area contributed by atoms with Gasteiger partial charge in [-0.3, -0.25) is 4.57 Å². The highest BCUT2D eigenvalue weighted by Crippen LogP contribution is 2.34. The normalized spacial score (nSPS) is 26.7. The molecule has 0 radical (unpaired) electrons. The summed E-state index contributed by atoms with van der Waals surface area (Å²) in [6.07, 6.45) is -0.258. The molecule has 1 saturated heterocycles. The Labute approximate surface area is 158 Å². The molecule has 0 bridgehead atoms. The first-order valence-electron chi connectivity index (χ1n) is 9.10. The molecule has 1 fully saturated rings. The minimum atomic E-state index is -1.19. The number of anilines is 1. The number of hydrogen-bond donors (Lipinski definition) is 4. The van der Waals surface area contributed by atoms with E-state index in [-0.39, 0.29) is 17.6 Å². The van der Waals surface area contributed by atoms with Crippen molar-refractivity contribution in [3.05, 3.63) is 12.7 Å². The van der Waals surface area contributed by atoms with Crippen molar-refractivity contribution in [2.75, 3.05) is 11.9 Å². The minimum Gasteiger partial charge on any atom is -0.394 e. The van der Waals surface area contributed by atoms with E-state index in [9.17, 15) is 15.3 Å². The first-order valence-corrected chi connectivity index (χ1v) is 9.10. The van der Waals surface area contributed by atoms with Crippen molar-refractivity contribution in [3.8, 4) is 0 Å². The van der Waals surface area contributed by atoms with E-state index >= 15 is 0 Å². The Hall–Kier alpha value is -1.81. The van der Waals surface area contributed by atoms with Gasteiger partial charge in [-0.2, -0.15) is 0 Å². The summed E-state index contributed by atoms with van der Waals surface area (Å²) in [6.45, 7) is 10.4. The smallest absolute Gasteiger partial charge is 0.167 e. The summed E-state index contributed by atoms with van der Waals surface area (Å²) in [7, 11) is 0. The molecule has 1 aliphatic heterocycles. The molecule has 27 heavy (non-hydrogen) atoms. The van der Waals surface area contributed by atoms with Gasteiger partial charge >= 0.3 is 0 Å². The van der Waals surface area contributed by atoms with Crippen LogP contribution in [0.5, 0.6) is 0 Å². The lowest BCUT2D eigenvalue weighted by Gasteiger charge is -2.33. The van der Waals surface area contributed by atoms with Crippen molar-refractivity contribution < 1.29 is 20.1 Å². The number of nitrogens with one attached hydrogen (secondary N) is 1. The van der Waals surface area contributed by atoms with Crippen LogP contribution in [0.2, 0.25) is 0 Å². The van der Waals surface area contributed by atoms with E-state index in [1.54, 1.807) is 4.57 Å². The lowest BCUT2D eigenvalue weighted by Crippen LogP contribution is -2.35. The van der Waals surface area contributed by atoms with Crippen molar-refractivity contribution in [1.29, 1.82) is 0 Å². The van der Waals surface area contributed by atoms with Gasteiger partial charge in [-0.05, 0) is 25.7 Å². The van der Waals surface area contributed by atoms with Gasteiger partial charge in [0, 0.05) is 5.54 Å². The van der Waals surface area contributed by atoms with Crippen molar-refractivity contribution in [2.24, 2.45) is 5.41 Å². The molecule has 3 heterocycles. The van der Waals surface area contributed by atoms with Crippen LogP contribution in [-0.2, 0) is 4.74 Å². The molecule has 1 aliphatic rings. The van der Waals surface area contributed by atoms with E-state index in [2.05, 4.69) is 54.9 Å². The van der Waals surface area contributed by atoms with Crippen LogP contribution in [0.1, 0.15) is 47.3 Å². The third-order valence-electron chi connectivity index (χ3n) is 4.58. The van der Waals surface area contributed by atoms with E-state index in [0.29, 0.717) is 17.0 Å². The van der Waals surface area contributed by atoms with Gasteiger partial charge in [-0.25, -0.2) is 15.0 Å². The molecule has 0 amide bonds. The van der Waals surface area contributed by atoms with Crippen LogP contribution in [0.4, 0.5) is 5.82 Å². The Bertz CT molecular complexity index is 801. The topological polar surface area (TPSA) is 126 Å². The average Bonchev–Trinajstić information content (AvgIpc) is 3.08. The summed E-state index contributed by atoms with van der Waals surface area (Å²) in [5.41, 5.74) is 0.954. The maximum atomic E-state index is 10.3. The Morgan fingerprint density at radius 1 is 1.11 bits per heavy atom. The van der Waals surface area contributed by atoms with Gasteiger partial charge in [0.15, 0.2) is 23.2 Å². The molecule has 0 saturated carbocycles. The number of aliphatic hydroxyl groups excluding tert-OH is 3. The van der Waals surface area contributed by atoms with Gasteiger partial charge in [-0.15, -0.1) is 0 Å². The second kappa shape index (κ2) is 6.97. The summed E-state index contributed by atoms with van der Waals surface area (Å²) in [6, 6.07) is 0. The van der Waals surface area contributed by atoms with E-state index < -0.39 is 24.5 Å². The highest BCUT2D eigenvalue weighted by molar-refractivity contribution is 5.83. The van der Waals surface area contributed by atoms with Crippen LogP contribution >= 0.6 is 0 Å². The van der Waals surface area contributed by atoms with Crippen LogP contribution in [0.15, 0.2) is 12.7 Å². The number of hydrogen-bond acceptors (Lipinski definition) is 8. The largest absolute Gasteiger partial charge is 0.394 e. The molecule has 0 spiro atoms. The molecule has 4 unspecified atom stereocenters. The second-order valence-electron chi connectivity index (χ2n) is 9.02. The maximum Gasteiger partial charge on any atom is 0.167 e. The lowest BCUT2D eigenvalue weighted by atomic mass is 9.82. The average molecular weight is 379 g/mol. The maximum absolute atomic E-state index is 10.3. The second-order valence-corrected chi connectivity index (χ2v) is 9.02. The van der Waals surface area contributed by atoms with Crippen LogP contribution < -0.4 is 5.32 Å². The molecule has 0 aromatic carbocycles. The zero-order chi connectivity index (χ0) is 20.0. The summed E-state index contributed by atoms with van der Waals surface area (Å²) in [4.78, 5) is 13.0. The van der Waals surface area contributed by atoms with Gasteiger partial charge in [0.1, 0.15) is 24.6 Å². The fourth-order valence-electron chi connectivity index (χ4n) is 3.93. The third kappa shape index (κ3) is 4.06. The standard InChI is InChI=1S/C18H29N5O4/c1-17(2,3)7-18(4,5)22-14-11-15(20-8-19-14)23(9-21-11)16-13(26)12(25)10(6-24)27-16/h8-10,12-13,16,24-26H,6-7H2,1-5H3,(H,19,20,22). The van der Waals surface area contributed by atoms with E-state index in [1.165, 1.54) is 12.7 Å². The molecule has 4 atom stereocenters. The van der Waals surface area contributed by atoms with Crippen LogP contribution in [0.3, 0.4) is 0 Å². The predicted octanol–water partition coefficient (Wildman–Crippen LogP) is 1.06. The molecular formula is C18H29N5O4. The van der Waals surface area contributed by atoms with Crippen LogP contribution in [0, 0.1) is 5.41 Å². The van der Waals surface area contributed by atoms with Gasteiger partial charge in [-0.1, -0.05) is 20.8 Å². The summed E-state index contributed by atoms with van der Waals surface area (Å²) >= 11 is 0. The highest BCUT2D eigenvalue weighted by atomic mass is 16.6. The fourth-order valence-corrected chi connectivity index (χ4v) is 3.93. The molecular weight excluding hydrogens is 350 g/mol. The SMILES string of the molecule is CC(C)(C)CC(C)(C)Nc1ncnc2c1ncn2C1OC(CO)C(O)C1O. The lowest BCUT2D eigenvalue weighted by molar-refractivity contribution is -0.0511. The first-order chi connectivity index (χ1) is 12.5. The molecule has 9 heteroatoms. The summed E-state index contributed by atoms with van der Waals surface area (Å²) in [5, 5.41) is 33.0. The van der Waals surface area contributed by atoms with Crippen molar-refractivity contribution >= 4 is 17.0 Å². The number of aromatic nitrogens is 4. The van der Waals surface area contributed by atoms with E-state index in [1.807, 2.05) is 0 Å². The van der Waals surface area contributed by atoms with Crippen molar-refractivity contribution in [2.45, 2.75) is 71.1 Å². The molecule has 2 aromatic heterocycles. The Kier molecular flexibility index (Phi) is 5.15. The molecule has 9 nitrogen and oxygen atoms in total. The Balaban J connectivity index is 1.92. The Morgan fingerprint density at radius 2 is 1.81 bits per heavy atom. The molecule has 4 N–H and O–H groups in total. The summed E-state index contributed by atoms with van der Waals surface area (Å²) < 4.78 is 7.14. The minimum absolute atomic E-state index is 0.138. The quantitative estimate of drug-likeness (QED) is 0.608. The molecule has 150 valence electrons. The predicted molar refractivity (Wildman–Crippen MR) is 100 cm³/mol. The van der Waals surface area contributed by atoms with Gasteiger partial charge in [0.05, 0.1) is 12.9 Å². The molecule has 3 rings (SSSR count). The number of rotatable bonds is 5. The summed E-state index contributed by atoms with van der Waals surface area (Å²) in [5.74, 6) is 0.597. The Morgan fingerprint density at radius 3 is 2.41 bits per heavy atom. The third-order valence-corrected chi connectivity index (χ3v) is 4.58. The number of imidazole rings is 1. The zero-order valence-electron chi connectivity index (χ0n) is 16.4. The molecule has 2 aromatic rings. The van der Waals surface area contributed by atoms with Crippen LogP contribution in [0.25, 0.3) is 11.2 Å². The van der Waals surface area contributed by atoms with Gasteiger partial charge in [0.2, 0.25) is 0 Å². The number of ether oxygens (including phenoxy) is 1. The fraction of sp³-hybridized carbons (Fsp3) is 0.722. The van der Waals surface area contributed by atoms with E-state index in [4.69, 9.17) is 4.74 Å². The highest BCUT2D eigenvalue weighted by Gasteiger charge is 2.44. The monoisotopic (exact) mass is 379 g/mol. The number of nitrogens with zero attached hydrogens (tertiary/aromatic N) is 4. The van der Waals surface area contributed by atoms with Crippen molar-refractivity contribution in [1.82, 2.24) is 19.5 Å². The number of aliphatic hydroxyl groups is 3.